The summed E-state index contributed by atoms with van der Waals surface area (Å²) in [4.78, 5) is 14.1. The lowest BCUT2D eigenvalue weighted by molar-refractivity contribution is -0.149. The van der Waals surface area contributed by atoms with Gasteiger partial charge in [-0.3, -0.25) is 9.69 Å². The lowest BCUT2D eigenvalue weighted by Crippen LogP contribution is -2.49. The summed E-state index contributed by atoms with van der Waals surface area (Å²) in [7, 11) is 4.78. The predicted molar refractivity (Wildman–Crippen MR) is 75.2 cm³/mol. The van der Waals surface area contributed by atoms with Crippen LogP contribution in [0.3, 0.4) is 0 Å². The van der Waals surface area contributed by atoms with Crippen molar-refractivity contribution in [1.82, 2.24) is 4.90 Å². The van der Waals surface area contributed by atoms with Crippen LogP contribution in [0.15, 0.2) is 0 Å². The molecule has 0 aliphatic rings. The predicted octanol–water partition coefficient (Wildman–Crippen LogP) is 1.70. The highest BCUT2D eigenvalue weighted by atomic mass is 16.5. The van der Waals surface area contributed by atoms with Gasteiger partial charge in [0.2, 0.25) is 0 Å². The fourth-order valence-corrected chi connectivity index (χ4v) is 2.17. The monoisotopic (exact) mass is 275 g/mol. The standard InChI is InChI=1S/C14H29NO4/c1-6-7-8-13(14(16)19-5)15(9-10-17-3)12(2)11-18-4/h12-13H,6-11H2,1-5H3. The van der Waals surface area contributed by atoms with Crippen LogP contribution in [0, 0.1) is 0 Å². The van der Waals surface area contributed by atoms with Crippen molar-refractivity contribution in [3.8, 4) is 0 Å². The van der Waals surface area contributed by atoms with Gasteiger partial charge in [-0.25, -0.2) is 0 Å². The summed E-state index contributed by atoms with van der Waals surface area (Å²) in [6.45, 7) is 6.05. The first-order valence-electron chi connectivity index (χ1n) is 6.93. The minimum Gasteiger partial charge on any atom is -0.468 e. The molecule has 5 nitrogen and oxygen atoms in total. The van der Waals surface area contributed by atoms with Crippen molar-refractivity contribution in [2.75, 3.05) is 41.1 Å². The Morgan fingerprint density at radius 1 is 1.21 bits per heavy atom. The van der Waals surface area contributed by atoms with Gasteiger partial charge in [0.25, 0.3) is 0 Å². The molecule has 0 saturated carbocycles. The van der Waals surface area contributed by atoms with Crippen molar-refractivity contribution >= 4 is 5.97 Å². The van der Waals surface area contributed by atoms with Gasteiger partial charge < -0.3 is 14.2 Å². The normalized spacial score (nSPS) is 14.4. The first-order valence-corrected chi connectivity index (χ1v) is 6.93. The highest BCUT2D eigenvalue weighted by molar-refractivity contribution is 5.75. The molecule has 0 aliphatic carbocycles. The molecule has 0 amide bonds. The second-order valence-electron chi connectivity index (χ2n) is 4.72. The van der Waals surface area contributed by atoms with Gasteiger partial charge in [0.15, 0.2) is 0 Å². The van der Waals surface area contributed by atoms with Crippen LogP contribution in [-0.4, -0.2) is 64.0 Å². The van der Waals surface area contributed by atoms with E-state index in [2.05, 4.69) is 18.7 Å². The second-order valence-corrected chi connectivity index (χ2v) is 4.72. The third-order valence-electron chi connectivity index (χ3n) is 3.23. The largest absolute Gasteiger partial charge is 0.468 e. The zero-order valence-electron chi connectivity index (χ0n) is 13.0. The van der Waals surface area contributed by atoms with E-state index in [0.717, 1.165) is 19.3 Å². The van der Waals surface area contributed by atoms with Gasteiger partial charge in [0.05, 0.1) is 20.3 Å². The molecule has 0 aromatic carbocycles. The molecule has 0 fully saturated rings. The smallest absolute Gasteiger partial charge is 0.323 e. The number of rotatable bonds is 11. The molecule has 0 bridgehead atoms. The summed E-state index contributed by atoms with van der Waals surface area (Å²) in [5.74, 6) is -0.174. The van der Waals surface area contributed by atoms with E-state index in [0.29, 0.717) is 19.8 Å². The molecule has 0 aliphatic heterocycles. The van der Waals surface area contributed by atoms with E-state index in [1.54, 1.807) is 14.2 Å². The van der Waals surface area contributed by atoms with Gasteiger partial charge in [-0.1, -0.05) is 19.8 Å². The number of hydrogen-bond donors (Lipinski definition) is 0. The van der Waals surface area contributed by atoms with Crippen LogP contribution in [-0.2, 0) is 19.0 Å². The topological polar surface area (TPSA) is 48.0 Å². The first kappa shape index (κ1) is 18.4. The van der Waals surface area contributed by atoms with Crippen LogP contribution in [0.2, 0.25) is 0 Å². The minimum absolute atomic E-state index is 0.154. The van der Waals surface area contributed by atoms with E-state index in [4.69, 9.17) is 14.2 Å². The number of nitrogens with zero attached hydrogens (tertiary/aromatic N) is 1. The summed E-state index contributed by atoms with van der Waals surface area (Å²) in [5.41, 5.74) is 0. The van der Waals surface area contributed by atoms with E-state index in [-0.39, 0.29) is 18.1 Å². The molecule has 19 heavy (non-hydrogen) atoms. The first-order chi connectivity index (χ1) is 9.12. The molecule has 0 heterocycles. The molecule has 114 valence electrons. The van der Waals surface area contributed by atoms with Crippen molar-refractivity contribution < 1.29 is 19.0 Å². The molecule has 5 heteroatoms. The maximum Gasteiger partial charge on any atom is 0.323 e. The van der Waals surface area contributed by atoms with Gasteiger partial charge in [0.1, 0.15) is 6.04 Å². The highest BCUT2D eigenvalue weighted by Crippen LogP contribution is 2.14. The van der Waals surface area contributed by atoms with E-state index < -0.39 is 0 Å². The third-order valence-corrected chi connectivity index (χ3v) is 3.23. The minimum atomic E-state index is -0.217. The fourth-order valence-electron chi connectivity index (χ4n) is 2.17. The molecule has 0 radical (unpaired) electrons. The molecule has 0 aromatic heterocycles. The summed E-state index contributed by atoms with van der Waals surface area (Å²) < 4.78 is 15.3. The van der Waals surface area contributed by atoms with E-state index in [9.17, 15) is 4.79 Å². The van der Waals surface area contributed by atoms with Gasteiger partial charge in [0, 0.05) is 26.8 Å². The summed E-state index contributed by atoms with van der Waals surface area (Å²) >= 11 is 0. The number of esters is 1. The Hall–Kier alpha value is -0.650. The average Bonchev–Trinajstić information content (AvgIpc) is 2.41. The molecular formula is C14H29NO4. The van der Waals surface area contributed by atoms with Crippen LogP contribution in [0.25, 0.3) is 0 Å². The van der Waals surface area contributed by atoms with Crippen LogP contribution in [0.5, 0.6) is 0 Å². The fraction of sp³-hybridized carbons (Fsp3) is 0.929. The molecule has 0 N–H and O–H groups in total. The molecule has 2 atom stereocenters. The second kappa shape index (κ2) is 11.2. The number of hydrogen-bond acceptors (Lipinski definition) is 5. The molecule has 0 spiro atoms. The SMILES string of the molecule is CCCCC(C(=O)OC)N(CCOC)C(C)COC. The Kier molecular flexibility index (Phi) is 10.8. The quantitative estimate of drug-likeness (QED) is 0.537. The summed E-state index contributed by atoms with van der Waals surface area (Å²) in [5, 5.41) is 0. The molecule has 2 unspecified atom stereocenters. The zero-order valence-corrected chi connectivity index (χ0v) is 13.0. The van der Waals surface area contributed by atoms with Gasteiger partial charge >= 0.3 is 5.97 Å². The van der Waals surface area contributed by atoms with E-state index >= 15 is 0 Å². The molecule has 0 rings (SSSR count). The third kappa shape index (κ3) is 6.89. The summed E-state index contributed by atoms with van der Waals surface area (Å²) in [6, 6.07) is -0.0636. The van der Waals surface area contributed by atoms with Crippen molar-refractivity contribution in [2.24, 2.45) is 0 Å². The van der Waals surface area contributed by atoms with Crippen LogP contribution < -0.4 is 0 Å². The number of methoxy groups -OCH3 is 3. The lowest BCUT2D eigenvalue weighted by Gasteiger charge is -2.34. The van der Waals surface area contributed by atoms with Crippen LogP contribution in [0.1, 0.15) is 33.1 Å². The van der Waals surface area contributed by atoms with Crippen molar-refractivity contribution in [2.45, 2.75) is 45.2 Å². The number of carbonyl (C=O) groups is 1. The Balaban J connectivity index is 4.81. The summed E-state index contributed by atoms with van der Waals surface area (Å²) in [6.07, 6.45) is 2.87. The van der Waals surface area contributed by atoms with Crippen molar-refractivity contribution in [3.63, 3.8) is 0 Å². The van der Waals surface area contributed by atoms with Crippen LogP contribution in [0.4, 0.5) is 0 Å². The maximum absolute atomic E-state index is 12.0. The Labute approximate surface area is 117 Å². The molecular weight excluding hydrogens is 246 g/mol. The van der Waals surface area contributed by atoms with E-state index in [1.165, 1.54) is 7.11 Å². The zero-order chi connectivity index (χ0) is 14.7. The number of ether oxygens (including phenoxy) is 3. The van der Waals surface area contributed by atoms with Gasteiger partial charge in [-0.15, -0.1) is 0 Å². The molecule has 0 aromatic rings. The van der Waals surface area contributed by atoms with Crippen molar-refractivity contribution in [3.05, 3.63) is 0 Å². The molecule has 0 saturated heterocycles. The van der Waals surface area contributed by atoms with Crippen molar-refractivity contribution in [1.29, 1.82) is 0 Å². The van der Waals surface area contributed by atoms with Gasteiger partial charge in [-0.2, -0.15) is 0 Å². The lowest BCUT2D eigenvalue weighted by atomic mass is 10.1. The maximum atomic E-state index is 12.0. The van der Waals surface area contributed by atoms with Crippen LogP contribution >= 0.6 is 0 Å². The van der Waals surface area contributed by atoms with E-state index in [1.807, 2.05) is 0 Å². The Bertz CT molecular complexity index is 235. The Morgan fingerprint density at radius 3 is 2.37 bits per heavy atom. The average molecular weight is 275 g/mol. The Morgan fingerprint density at radius 2 is 1.89 bits per heavy atom. The highest BCUT2D eigenvalue weighted by Gasteiger charge is 2.29. The number of unbranched alkanes of at least 4 members (excludes halogenated alkanes) is 1. The number of carbonyl (C=O) groups excluding carboxylic acids is 1. The van der Waals surface area contributed by atoms with Gasteiger partial charge in [-0.05, 0) is 13.3 Å².